The Labute approximate surface area is 175 Å². The molecule has 152 valence electrons. The highest BCUT2D eigenvalue weighted by Gasteiger charge is 2.43. The summed E-state index contributed by atoms with van der Waals surface area (Å²) >= 11 is 0. The number of anilines is 1. The Hall–Kier alpha value is -2.99. The molecule has 1 saturated carbocycles. The second-order valence-corrected chi connectivity index (χ2v) is 8.78. The maximum absolute atomic E-state index is 11.0. The third-order valence-corrected chi connectivity index (χ3v) is 6.94. The van der Waals surface area contributed by atoms with Gasteiger partial charge in [-0.1, -0.05) is 24.3 Å². The number of benzene rings is 2. The van der Waals surface area contributed by atoms with Gasteiger partial charge in [-0.05, 0) is 55.9 Å². The van der Waals surface area contributed by atoms with Gasteiger partial charge in [-0.2, -0.15) is 0 Å². The standard InChI is InChI=1S/C24H25N5O/c1-15-26-19-7-3-2-6-18(19)24(27-15)28-12-16-10-22(23(30)11-17(16)13-28)29-14-25-20-8-4-5-9-21(20)29/h2-9,14,16-17,22-23,30H,10-13H2,1H3/t16-,17+,22-,23-/m1/s1. The van der Waals surface area contributed by atoms with Crippen LogP contribution in [0.2, 0.25) is 0 Å². The fourth-order valence-electron chi connectivity index (χ4n) is 5.54. The summed E-state index contributed by atoms with van der Waals surface area (Å²) in [6, 6.07) is 16.5. The van der Waals surface area contributed by atoms with E-state index >= 15 is 0 Å². The van der Waals surface area contributed by atoms with Crippen molar-refractivity contribution in [2.24, 2.45) is 11.8 Å². The predicted molar refractivity (Wildman–Crippen MR) is 117 cm³/mol. The van der Waals surface area contributed by atoms with E-state index in [4.69, 9.17) is 4.98 Å². The zero-order chi connectivity index (χ0) is 20.2. The minimum Gasteiger partial charge on any atom is -0.391 e. The topological polar surface area (TPSA) is 67.1 Å². The van der Waals surface area contributed by atoms with Gasteiger partial charge < -0.3 is 14.6 Å². The molecule has 2 aromatic carbocycles. The maximum Gasteiger partial charge on any atom is 0.140 e. The molecule has 6 nitrogen and oxygen atoms in total. The van der Waals surface area contributed by atoms with Crippen molar-refractivity contribution in [3.05, 3.63) is 60.7 Å². The Morgan fingerprint density at radius 1 is 0.900 bits per heavy atom. The van der Waals surface area contributed by atoms with E-state index in [1.54, 1.807) is 0 Å². The van der Waals surface area contributed by atoms with Gasteiger partial charge in [-0.25, -0.2) is 15.0 Å². The summed E-state index contributed by atoms with van der Waals surface area (Å²) in [7, 11) is 0. The van der Waals surface area contributed by atoms with Gasteiger partial charge in [-0.3, -0.25) is 0 Å². The zero-order valence-electron chi connectivity index (χ0n) is 17.0. The largest absolute Gasteiger partial charge is 0.391 e. The number of aromatic nitrogens is 4. The van der Waals surface area contributed by atoms with Crippen LogP contribution in [0.15, 0.2) is 54.9 Å². The third kappa shape index (κ3) is 2.78. The Balaban J connectivity index is 1.31. The smallest absolute Gasteiger partial charge is 0.140 e. The molecule has 4 aromatic rings. The molecule has 4 atom stereocenters. The van der Waals surface area contributed by atoms with Gasteiger partial charge in [0, 0.05) is 18.5 Å². The molecule has 30 heavy (non-hydrogen) atoms. The van der Waals surface area contributed by atoms with Gasteiger partial charge in [0.25, 0.3) is 0 Å². The molecular weight excluding hydrogens is 374 g/mol. The molecule has 2 fully saturated rings. The number of aryl methyl sites for hydroxylation is 1. The van der Waals surface area contributed by atoms with Crippen LogP contribution in [0, 0.1) is 18.8 Å². The lowest BCUT2D eigenvalue weighted by Crippen LogP contribution is -2.36. The van der Waals surface area contributed by atoms with Crippen molar-refractivity contribution in [2.45, 2.75) is 31.9 Å². The first-order chi connectivity index (χ1) is 14.7. The molecule has 1 N–H and O–H groups in total. The van der Waals surface area contributed by atoms with Crippen LogP contribution >= 0.6 is 0 Å². The molecule has 3 heterocycles. The fraction of sp³-hybridized carbons (Fsp3) is 0.375. The molecule has 2 aromatic heterocycles. The average Bonchev–Trinajstić information content (AvgIpc) is 3.36. The van der Waals surface area contributed by atoms with E-state index in [9.17, 15) is 5.11 Å². The summed E-state index contributed by atoms with van der Waals surface area (Å²) in [6.45, 7) is 3.88. The highest BCUT2D eigenvalue weighted by atomic mass is 16.3. The molecule has 0 bridgehead atoms. The van der Waals surface area contributed by atoms with E-state index in [2.05, 4.69) is 43.7 Å². The lowest BCUT2D eigenvalue weighted by atomic mass is 9.77. The average molecular weight is 399 g/mol. The van der Waals surface area contributed by atoms with Crippen LogP contribution in [0.25, 0.3) is 21.9 Å². The van der Waals surface area contributed by atoms with Gasteiger partial charge in [0.2, 0.25) is 0 Å². The van der Waals surface area contributed by atoms with Crippen LogP contribution in [-0.4, -0.2) is 43.8 Å². The molecule has 0 spiro atoms. The molecule has 1 aliphatic carbocycles. The van der Waals surface area contributed by atoms with Gasteiger partial charge in [0.15, 0.2) is 0 Å². The number of para-hydroxylation sites is 3. The molecule has 6 heteroatoms. The molecule has 0 amide bonds. The van der Waals surface area contributed by atoms with Gasteiger partial charge in [0.05, 0.1) is 35.0 Å². The number of nitrogens with zero attached hydrogens (tertiary/aromatic N) is 5. The molecular formula is C24H25N5O. The third-order valence-electron chi connectivity index (χ3n) is 6.94. The van der Waals surface area contributed by atoms with Crippen LogP contribution in [0.5, 0.6) is 0 Å². The molecule has 1 saturated heterocycles. The van der Waals surface area contributed by atoms with Crippen LogP contribution in [-0.2, 0) is 0 Å². The van der Waals surface area contributed by atoms with Crippen LogP contribution in [0.1, 0.15) is 24.7 Å². The van der Waals surface area contributed by atoms with Crippen LogP contribution in [0.3, 0.4) is 0 Å². The SMILES string of the molecule is Cc1nc(N2C[C@H]3C[C@@H](n4cnc5ccccc54)[C@H](O)C[C@H]3C2)c2ccccc2n1. The maximum atomic E-state index is 11.0. The lowest BCUT2D eigenvalue weighted by Gasteiger charge is -2.36. The predicted octanol–water partition coefficient (Wildman–Crippen LogP) is 3.74. The molecule has 6 rings (SSSR count). The Kier molecular flexibility index (Phi) is 4.03. The Bertz CT molecular complexity index is 1230. The van der Waals surface area contributed by atoms with Crippen molar-refractivity contribution in [1.82, 2.24) is 19.5 Å². The highest BCUT2D eigenvalue weighted by molar-refractivity contribution is 5.89. The highest BCUT2D eigenvalue weighted by Crippen LogP contribution is 2.43. The summed E-state index contributed by atoms with van der Waals surface area (Å²) in [5, 5.41) is 12.1. The monoisotopic (exact) mass is 399 g/mol. The number of aliphatic hydroxyl groups excluding tert-OH is 1. The van der Waals surface area contributed by atoms with Gasteiger partial charge >= 0.3 is 0 Å². The van der Waals surface area contributed by atoms with E-state index in [1.165, 1.54) is 0 Å². The van der Waals surface area contributed by atoms with Gasteiger partial charge in [0.1, 0.15) is 11.6 Å². The number of hydrogen-bond acceptors (Lipinski definition) is 5. The van der Waals surface area contributed by atoms with E-state index < -0.39 is 0 Å². The lowest BCUT2D eigenvalue weighted by molar-refractivity contribution is 0.0375. The first-order valence-corrected chi connectivity index (χ1v) is 10.8. The zero-order valence-corrected chi connectivity index (χ0v) is 17.0. The Morgan fingerprint density at radius 3 is 2.50 bits per heavy atom. The second-order valence-electron chi connectivity index (χ2n) is 8.78. The van der Waals surface area contributed by atoms with Crippen LogP contribution < -0.4 is 4.90 Å². The van der Waals surface area contributed by atoms with Crippen molar-refractivity contribution in [2.75, 3.05) is 18.0 Å². The fourth-order valence-corrected chi connectivity index (χ4v) is 5.54. The minimum atomic E-state index is -0.354. The normalized spacial score (nSPS) is 26.4. The van der Waals surface area contributed by atoms with E-state index in [1.807, 2.05) is 37.5 Å². The van der Waals surface area contributed by atoms with Crippen molar-refractivity contribution in [3.8, 4) is 0 Å². The van der Waals surface area contributed by atoms with E-state index in [0.29, 0.717) is 11.8 Å². The Morgan fingerprint density at radius 2 is 1.63 bits per heavy atom. The number of imidazole rings is 1. The summed E-state index contributed by atoms with van der Waals surface area (Å²) < 4.78 is 2.18. The van der Waals surface area contributed by atoms with Crippen molar-refractivity contribution in [1.29, 1.82) is 0 Å². The molecule has 2 aliphatic rings. The first-order valence-electron chi connectivity index (χ1n) is 10.8. The second kappa shape index (κ2) is 6.77. The summed E-state index contributed by atoms with van der Waals surface area (Å²) in [4.78, 5) is 16.4. The molecule has 0 unspecified atom stereocenters. The van der Waals surface area contributed by atoms with Crippen molar-refractivity contribution in [3.63, 3.8) is 0 Å². The molecule has 0 radical (unpaired) electrons. The summed E-state index contributed by atoms with van der Waals surface area (Å²) in [6.07, 6.45) is 3.32. The van der Waals surface area contributed by atoms with Crippen molar-refractivity contribution >= 4 is 27.8 Å². The summed E-state index contributed by atoms with van der Waals surface area (Å²) in [5.41, 5.74) is 3.09. The summed E-state index contributed by atoms with van der Waals surface area (Å²) in [5.74, 6) is 2.86. The van der Waals surface area contributed by atoms with E-state index in [-0.39, 0.29) is 12.1 Å². The number of aliphatic hydroxyl groups is 1. The van der Waals surface area contributed by atoms with E-state index in [0.717, 1.165) is 59.5 Å². The van der Waals surface area contributed by atoms with Gasteiger partial charge in [-0.15, -0.1) is 0 Å². The quantitative estimate of drug-likeness (QED) is 0.556. The number of fused-ring (bicyclic) bond motifs is 3. The number of rotatable bonds is 2. The minimum absolute atomic E-state index is 0.0717. The number of hydrogen-bond donors (Lipinski definition) is 1. The van der Waals surface area contributed by atoms with Crippen molar-refractivity contribution < 1.29 is 5.11 Å². The molecule has 1 aliphatic heterocycles. The first kappa shape index (κ1) is 17.8. The van der Waals surface area contributed by atoms with Crippen LogP contribution in [0.4, 0.5) is 5.82 Å².